The molecule has 0 radical (unpaired) electrons. The third kappa shape index (κ3) is 4.95. The monoisotopic (exact) mass is 354 g/mol. The number of ether oxygens (including phenoxy) is 2. The van der Waals surface area contributed by atoms with Crippen LogP contribution in [0.3, 0.4) is 0 Å². The predicted molar refractivity (Wildman–Crippen MR) is 82.5 cm³/mol. The molecule has 0 bridgehead atoms. The molecule has 2 N–H and O–H groups in total. The minimum atomic E-state index is -1.13. The molecule has 0 unspecified atom stereocenters. The van der Waals surface area contributed by atoms with Gasteiger partial charge in [-0.2, -0.15) is 0 Å². The molecule has 9 nitrogen and oxygen atoms in total. The summed E-state index contributed by atoms with van der Waals surface area (Å²) in [6.45, 7) is 3.01. The molecular weight excluding hydrogens is 336 g/mol. The molecule has 0 amide bonds. The van der Waals surface area contributed by atoms with Gasteiger partial charge in [0.1, 0.15) is 17.1 Å². The molecule has 2 heterocycles. The lowest BCUT2D eigenvalue weighted by Crippen LogP contribution is -1.99. The Morgan fingerprint density at radius 3 is 1.80 bits per heavy atom. The van der Waals surface area contributed by atoms with Crippen LogP contribution in [0.15, 0.2) is 21.0 Å². The summed E-state index contributed by atoms with van der Waals surface area (Å²) in [5, 5.41) is 17.4. The molecule has 2 rings (SSSR count). The Morgan fingerprint density at radius 1 is 0.960 bits per heavy atom. The fourth-order valence-corrected chi connectivity index (χ4v) is 1.77. The summed E-state index contributed by atoms with van der Waals surface area (Å²) in [5.74, 6) is -1.59. The van der Waals surface area contributed by atoms with Gasteiger partial charge in [-0.05, 0) is 19.9 Å². The molecule has 2 aromatic heterocycles. The van der Waals surface area contributed by atoms with Crippen molar-refractivity contribution in [2.24, 2.45) is 0 Å². The number of carbonyl (C=O) groups is 3. The van der Waals surface area contributed by atoms with E-state index >= 15 is 0 Å². The van der Waals surface area contributed by atoms with Crippen molar-refractivity contribution in [1.29, 1.82) is 0 Å². The molecule has 0 fully saturated rings. The molecule has 0 saturated carbocycles. The van der Waals surface area contributed by atoms with Gasteiger partial charge >= 0.3 is 17.9 Å². The Balaban J connectivity index is 0.000000251. The molecule has 25 heavy (non-hydrogen) atoms. The van der Waals surface area contributed by atoms with Crippen LogP contribution in [0.2, 0.25) is 0 Å². The second kappa shape index (κ2) is 8.69. The number of aliphatic hydroxyl groups excluding tert-OH is 1. The second-order valence-corrected chi connectivity index (χ2v) is 4.72. The predicted octanol–water partition coefficient (Wildman–Crippen LogP) is 1.94. The molecule has 2 aromatic rings. The quantitative estimate of drug-likeness (QED) is 0.789. The molecule has 0 atom stereocenters. The van der Waals surface area contributed by atoms with Crippen molar-refractivity contribution < 1.29 is 42.9 Å². The van der Waals surface area contributed by atoms with Crippen molar-refractivity contribution in [2.75, 3.05) is 14.2 Å². The van der Waals surface area contributed by atoms with Crippen LogP contribution in [-0.4, -0.2) is 42.3 Å². The number of aliphatic hydroxyl groups is 1. The van der Waals surface area contributed by atoms with Crippen LogP contribution in [0, 0.1) is 13.8 Å². The standard InChI is InChI=1S/C8H8O5.C8H10O4/c1-4-5(7(9)10)3-6(13-4)8(11)12-2;1-5-6(4-9)3-7(12-5)8(10)11-2/h3H,1-2H3,(H,9,10);3,9H,4H2,1-2H3. The van der Waals surface area contributed by atoms with Gasteiger partial charge in [-0.3, -0.25) is 0 Å². The van der Waals surface area contributed by atoms with Crippen LogP contribution in [0.1, 0.15) is 48.6 Å². The van der Waals surface area contributed by atoms with Crippen molar-refractivity contribution in [1.82, 2.24) is 0 Å². The third-order valence-corrected chi connectivity index (χ3v) is 3.11. The lowest BCUT2D eigenvalue weighted by atomic mass is 10.2. The number of rotatable bonds is 4. The molecular formula is C16H18O9. The molecule has 9 heteroatoms. The van der Waals surface area contributed by atoms with Crippen LogP contribution < -0.4 is 0 Å². The number of aryl methyl sites for hydroxylation is 2. The first-order valence-corrected chi connectivity index (χ1v) is 6.95. The number of hydrogen-bond donors (Lipinski definition) is 2. The minimum absolute atomic E-state index is 0.0274. The normalized spacial score (nSPS) is 9.80. The summed E-state index contributed by atoms with van der Waals surface area (Å²) in [6.07, 6.45) is 0. The summed E-state index contributed by atoms with van der Waals surface area (Å²) in [7, 11) is 2.47. The van der Waals surface area contributed by atoms with Gasteiger partial charge in [0.05, 0.1) is 20.8 Å². The number of hydrogen-bond acceptors (Lipinski definition) is 8. The highest BCUT2D eigenvalue weighted by Gasteiger charge is 2.18. The van der Waals surface area contributed by atoms with E-state index in [1.54, 1.807) is 6.92 Å². The average Bonchev–Trinajstić information content (AvgIpc) is 3.16. The van der Waals surface area contributed by atoms with Gasteiger partial charge in [0, 0.05) is 11.6 Å². The van der Waals surface area contributed by atoms with Crippen LogP contribution in [0.5, 0.6) is 0 Å². The van der Waals surface area contributed by atoms with E-state index in [9.17, 15) is 14.4 Å². The fraction of sp³-hybridized carbons (Fsp3) is 0.312. The van der Waals surface area contributed by atoms with Crippen LogP contribution >= 0.6 is 0 Å². The highest BCUT2D eigenvalue weighted by atomic mass is 16.5. The smallest absolute Gasteiger partial charge is 0.373 e. The van der Waals surface area contributed by atoms with Gasteiger partial charge in [0.2, 0.25) is 11.5 Å². The van der Waals surface area contributed by atoms with Gasteiger partial charge in [0.15, 0.2) is 0 Å². The van der Waals surface area contributed by atoms with Crippen LogP contribution in [0.25, 0.3) is 0 Å². The molecule has 0 aliphatic carbocycles. The molecule has 0 aromatic carbocycles. The van der Waals surface area contributed by atoms with E-state index in [0.29, 0.717) is 11.3 Å². The lowest BCUT2D eigenvalue weighted by Gasteiger charge is -1.90. The topological polar surface area (TPSA) is 136 Å². The van der Waals surface area contributed by atoms with E-state index < -0.39 is 17.9 Å². The van der Waals surface area contributed by atoms with Gasteiger partial charge in [-0.1, -0.05) is 0 Å². The van der Waals surface area contributed by atoms with Gasteiger partial charge in [-0.15, -0.1) is 0 Å². The number of carboxylic acid groups (broad SMARTS) is 1. The number of carboxylic acids is 1. The Hall–Kier alpha value is -3.07. The number of carbonyl (C=O) groups excluding carboxylic acids is 2. The van der Waals surface area contributed by atoms with Crippen molar-refractivity contribution in [3.8, 4) is 0 Å². The summed E-state index contributed by atoms with van der Waals surface area (Å²) in [4.78, 5) is 32.3. The lowest BCUT2D eigenvalue weighted by molar-refractivity contribution is 0.0556. The third-order valence-electron chi connectivity index (χ3n) is 3.11. The molecule has 0 spiro atoms. The van der Waals surface area contributed by atoms with Gasteiger partial charge < -0.3 is 28.5 Å². The summed E-state index contributed by atoms with van der Waals surface area (Å²) in [6, 6.07) is 2.62. The zero-order valence-corrected chi connectivity index (χ0v) is 14.1. The maximum atomic E-state index is 10.9. The Kier molecular flexibility index (Phi) is 6.94. The maximum absolute atomic E-state index is 10.9. The van der Waals surface area contributed by atoms with E-state index in [-0.39, 0.29) is 29.5 Å². The number of methoxy groups -OCH3 is 2. The number of esters is 2. The second-order valence-electron chi connectivity index (χ2n) is 4.72. The zero-order valence-electron chi connectivity index (χ0n) is 14.1. The average molecular weight is 354 g/mol. The van der Waals surface area contributed by atoms with Crippen LogP contribution in [-0.2, 0) is 16.1 Å². The van der Waals surface area contributed by atoms with Crippen molar-refractivity contribution in [2.45, 2.75) is 20.5 Å². The van der Waals surface area contributed by atoms with Crippen LogP contribution in [0.4, 0.5) is 0 Å². The summed E-state index contributed by atoms with van der Waals surface area (Å²) < 4.78 is 18.7. The molecule has 136 valence electrons. The molecule has 0 aliphatic heterocycles. The van der Waals surface area contributed by atoms with Gasteiger partial charge in [-0.25, -0.2) is 14.4 Å². The summed E-state index contributed by atoms with van der Waals surface area (Å²) >= 11 is 0. The zero-order chi connectivity index (χ0) is 19.1. The van der Waals surface area contributed by atoms with Crippen molar-refractivity contribution in [3.63, 3.8) is 0 Å². The van der Waals surface area contributed by atoms with E-state index in [2.05, 4.69) is 9.47 Å². The van der Waals surface area contributed by atoms with Crippen molar-refractivity contribution in [3.05, 3.63) is 46.3 Å². The first kappa shape index (κ1) is 20.0. The first-order valence-electron chi connectivity index (χ1n) is 6.95. The largest absolute Gasteiger partial charge is 0.478 e. The number of aromatic carboxylic acids is 1. The highest BCUT2D eigenvalue weighted by Crippen LogP contribution is 2.15. The Labute approximate surface area is 142 Å². The highest BCUT2D eigenvalue weighted by molar-refractivity contribution is 5.93. The Morgan fingerprint density at radius 2 is 1.44 bits per heavy atom. The summed E-state index contributed by atoms with van der Waals surface area (Å²) in [5.41, 5.74) is 0.579. The fourth-order valence-electron chi connectivity index (χ4n) is 1.77. The maximum Gasteiger partial charge on any atom is 0.373 e. The first-order chi connectivity index (χ1) is 11.7. The van der Waals surface area contributed by atoms with Gasteiger partial charge in [0.25, 0.3) is 0 Å². The van der Waals surface area contributed by atoms with E-state index in [4.69, 9.17) is 19.0 Å². The Bertz CT molecular complexity index is 767. The van der Waals surface area contributed by atoms with Crippen molar-refractivity contribution >= 4 is 17.9 Å². The van der Waals surface area contributed by atoms with E-state index in [1.165, 1.54) is 27.2 Å². The van der Waals surface area contributed by atoms with E-state index in [1.807, 2.05) is 0 Å². The SMILES string of the molecule is COC(=O)c1cc(C(=O)O)c(C)o1.COC(=O)c1cc(CO)c(C)o1. The minimum Gasteiger partial charge on any atom is -0.478 e. The van der Waals surface area contributed by atoms with E-state index in [0.717, 1.165) is 6.07 Å². The molecule has 0 saturated heterocycles. The number of furan rings is 2. The molecule has 0 aliphatic rings.